The highest BCUT2D eigenvalue weighted by atomic mass is 32.1. The lowest BCUT2D eigenvalue weighted by molar-refractivity contribution is -0.141. The summed E-state index contributed by atoms with van der Waals surface area (Å²) >= 11 is 1.68. The van der Waals surface area contributed by atoms with Crippen molar-refractivity contribution in [3.05, 3.63) is 21.9 Å². The molecule has 3 nitrogen and oxygen atoms in total. The fraction of sp³-hybridized carbons (Fsp3) is 0.500. The average molecular weight is 211 g/mol. The van der Waals surface area contributed by atoms with E-state index in [0.29, 0.717) is 6.54 Å². The summed E-state index contributed by atoms with van der Waals surface area (Å²) in [6.07, 6.45) is 0. The molecule has 76 valence electrons. The predicted octanol–water partition coefficient (Wildman–Crippen LogP) is 1.44. The van der Waals surface area contributed by atoms with E-state index in [1.54, 1.807) is 11.3 Å². The normalized spacial score (nSPS) is 26.6. The number of aliphatic carboxylic acids is 1. The van der Waals surface area contributed by atoms with Crippen LogP contribution >= 0.6 is 11.3 Å². The van der Waals surface area contributed by atoms with Crippen LogP contribution in [0.4, 0.5) is 0 Å². The standard InChI is InChI=1S/C10H13NO2S/c1-6-2-7(5-14-6)8-3-11-4-9(8)10(12)13/h2,5,8-9,11H,3-4H2,1H3,(H,12,13). The van der Waals surface area contributed by atoms with E-state index in [1.807, 2.05) is 6.92 Å². The lowest BCUT2D eigenvalue weighted by atomic mass is 9.91. The second-order valence-electron chi connectivity index (χ2n) is 3.70. The highest BCUT2D eigenvalue weighted by Gasteiger charge is 2.34. The van der Waals surface area contributed by atoms with Gasteiger partial charge in [-0.2, -0.15) is 0 Å². The molecule has 1 aromatic rings. The molecule has 1 aliphatic rings. The Balaban J connectivity index is 2.21. The van der Waals surface area contributed by atoms with E-state index in [1.165, 1.54) is 10.4 Å². The topological polar surface area (TPSA) is 49.3 Å². The van der Waals surface area contributed by atoms with Crippen molar-refractivity contribution in [2.75, 3.05) is 13.1 Å². The molecular formula is C10H13NO2S. The molecule has 2 rings (SSSR count). The van der Waals surface area contributed by atoms with Crippen molar-refractivity contribution in [2.24, 2.45) is 5.92 Å². The third-order valence-corrected chi connectivity index (χ3v) is 3.59. The predicted molar refractivity (Wildman–Crippen MR) is 55.8 cm³/mol. The molecule has 2 unspecified atom stereocenters. The molecule has 0 spiro atoms. The van der Waals surface area contributed by atoms with Crippen LogP contribution in [-0.4, -0.2) is 24.2 Å². The maximum Gasteiger partial charge on any atom is 0.308 e. The number of rotatable bonds is 2. The number of carboxylic acid groups (broad SMARTS) is 1. The molecule has 0 aliphatic carbocycles. The maximum absolute atomic E-state index is 11.0. The maximum atomic E-state index is 11.0. The van der Waals surface area contributed by atoms with Crippen LogP contribution in [0.2, 0.25) is 0 Å². The van der Waals surface area contributed by atoms with E-state index in [4.69, 9.17) is 5.11 Å². The minimum absolute atomic E-state index is 0.150. The van der Waals surface area contributed by atoms with E-state index in [-0.39, 0.29) is 11.8 Å². The Morgan fingerprint density at radius 3 is 3.00 bits per heavy atom. The summed E-state index contributed by atoms with van der Waals surface area (Å²) in [4.78, 5) is 12.2. The number of hydrogen-bond donors (Lipinski definition) is 2. The molecular weight excluding hydrogens is 198 g/mol. The first-order chi connectivity index (χ1) is 6.68. The number of carbonyl (C=O) groups is 1. The van der Waals surface area contributed by atoms with E-state index in [0.717, 1.165) is 6.54 Å². The molecule has 1 saturated heterocycles. The zero-order chi connectivity index (χ0) is 10.1. The van der Waals surface area contributed by atoms with E-state index in [9.17, 15) is 4.79 Å². The van der Waals surface area contributed by atoms with Gasteiger partial charge in [0.2, 0.25) is 0 Å². The molecule has 0 aromatic carbocycles. The van der Waals surface area contributed by atoms with Gasteiger partial charge in [0.25, 0.3) is 0 Å². The highest BCUT2D eigenvalue weighted by Crippen LogP contribution is 2.31. The van der Waals surface area contributed by atoms with Crippen LogP contribution in [0.5, 0.6) is 0 Å². The van der Waals surface area contributed by atoms with Gasteiger partial charge in [0.1, 0.15) is 0 Å². The van der Waals surface area contributed by atoms with E-state index < -0.39 is 5.97 Å². The van der Waals surface area contributed by atoms with Crippen molar-refractivity contribution in [1.82, 2.24) is 5.32 Å². The van der Waals surface area contributed by atoms with Crippen LogP contribution in [0.1, 0.15) is 16.4 Å². The first kappa shape index (κ1) is 9.68. The molecule has 1 aliphatic heterocycles. The summed E-state index contributed by atoms with van der Waals surface area (Å²) in [7, 11) is 0. The summed E-state index contributed by atoms with van der Waals surface area (Å²) in [6.45, 7) is 3.42. The number of aryl methyl sites for hydroxylation is 1. The fourth-order valence-corrected chi connectivity index (χ4v) is 2.72. The third kappa shape index (κ3) is 1.67. The van der Waals surface area contributed by atoms with Gasteiger partial charge in [-0.25, -0.2) is 0 Å². The SMILES string of the molecule is Cc1cc(C2CNCC2C(=O)O)cs1. The number of nitrogens with one attached hydrogen (secondary N) is 1. The summed E-state index contributed by atoms with van der Waals surface area (Å²) < 4.78 is 0. The van der Waals surface area contributed by atoms with Gasteiger partial charge in [0.05, 0.1) is 5.92 Å². The van der Waals surface area contributed by atoms with Crippen molar-refractivity contribution in [3.8, 4) is 0 Å². The Hall–Kier alpha value is -0.870. The Labute approximate surface area is 86.8 Å². The number of hydrogen-bond acceptors (Lipinski definition) is 3. The van der Waals surface area contributed by atoms with Crippen LogP contribution in [0.3, 0.4) is 0 Å². The summed E-state index contributed by atoms with van der Waals surface area (Å²) in [5.41, 5.74) is 1.17. The molecule has 0 bridgehead atoms. The zero-order valence-electron chi connectivity index (χ0n) is 7.99. The quantitative estimate of drug-likeness (QED) is 0.778. The van der Waals surface area contributed by atoms with Gasteiger partial charge in [0.15, 0.2) is 0 Å². The smallest absolute Gasteiger partial charge is 0.308 e. The zero-order valence-corrected chi connectivity index (χ0v) is 8.80. The second kappa shape index (κ2) is 3.71. The van der Waals surface area contributed by atoms with Gasteiger partial charge < -0.3 is 10.4 Å². The lowest BCUT2D eigenvalue weighted by Crippen LogP contribution is -2.20. The van der Waals surface area contributed by atoms with Crippen molar-refractivity contribution >= 4 is 17.3 Å². The molecule has 2 N–H and O–H groups in total. The summed E-state index contributed by atoms with van der Waals surface area (Å²) in [5.74, 6) is -0.801. The number of thiophene rings is 1. The molecule has 1 fully saturated rings. The van der Waals surface area contributed by atoms with Crippen LogP contribution in [-0.2, 0) is 4.79 Å². The second-order valence-corrected chi connectivity index (χ2v) is 4.82. The first-order valence-electron chi connectivity index (χ1n) is 4.67. The largest absolute Gasteiger partial charge is 0.481 e. The molecule has 0 amide bonds. The Morgan fingerprint density at radius 1 is 1.64 bits per heavy atom. The van der Waals surface area contributed by atoms with Crippen molar-refractivity contribution in [2.45, 2.75) is 12.8 Å². The van der Waals surface area contributed by atoms with Gasteiger partial charge in [-0.1, -0.05) is 0 Å². The van der Waals surface area contributed by atoms with E-state index in [2.05, 4.69) is 16.8 Å². The van der Waals surface area contributed by atoms with Gasteiger partial charge in [-0.15, -0.1) is 11.3 Å². The minimum Gasteiger partial charge on any atom is -0.481 e. The Kier molecular flexibility index (Phi) is 2.56. The Bertz CT molecular complexity index is 348. The van der Waals surface area contributed by atoms with Crippen molar-refractivity contribution < 1.29 is 9.90 Å². The number of carboxylic acids is 1. The lowest BCUT2D eigenvalue weighted by Gasteiger charge is -2.12. The molecule has 0 radical (unpaired) electrons. The van der Waals surface area contributed by atoms with Gasteiger partial charge in [-0.3, -0.25) is 4.79 Å². The molecule has 2 atom stereocenters. The van der Waals surface area contributed by atoms with Crippen LogP contribution in [0.25, 0.3) is 0 Å². The summed E-state index contributed by atoms with van der Waals surface area (Å²) in [6, 6.07) is 2.10. The Morgan fingerprint density at radius 2 is 2.43 bits per heavy atom. The summed E-state index contributed by atoms with van der Waals surface area (Å²) in [5, 5.41) is 14.2. The van der Waals surface area contributed by atoms with Crippen LogP contribution in [0.15, 0.2) is 11.4 Å². The van der Waals surface area contributed by atoms with E-state index >= 15 is 0 Å². The minimum atomic E-state index is -0.691. The van der Waals surface area contributed by atoms with Crippen molar-refractivity contribution in [3.63, 3.8) is 0 Å². The molecule has 4 heteroatoms. The molecule has 2 heterocycles. The highest BCUT2D eigenvalue weighted by molar-refractivity contribution is 7.10. The molecule has 0 saturated carbocycles. The van der Waals surface area contributed by atoms with Gasteiger partial charge in [0, 0.05) is 23.9 Å². The molecule has 1 aromatic heterocycles. The molecule has 14 heavy (non-hydrogen) atoms. The van der Waals surface area contributed by atoms with Crippen molar-refractivity contribution in [1.29, 1.82) is 0 Å². The van der Waals surface area contributed by atoms with Crippen LogP contribution in [0, 0.1) is 12.8 Å². The first-order valence-corrected chi connectivity index (χ1v) is 5.55. The monoisotopic (exact) mass is 211 g/mol. The fourth-order valence-electron chi connectivity index (χ4n) is 1.95. The third-order valence-electron chi connectivity index (χ3n) is 2.71. The van der Waals surface area contributed by atoms with Gasteiger partial charge >= 0.3 is 5.97 Å². The van der Waals surface area contributed by atoms with Gasteiger partial charge in [-0.05, 0) is 23.9 Å². The van der Waals surface area contributed by atoms with Crippen LogP contribution < -0.4 is 5.32 Å². The average Bonchev–Trinajstić information content (AvgIpc) is 2.70.